The molecule has 1 aromatic rings. The summed E-state index contributed by atoms with van der Waals surface area (Å²) < 4.78 is 1.05. The van der Waals surface area contributed by atoms with E-state index < -0.39 is 0 Å². The van der Waals surface area contributed by atoms with E-state index in [1.54, 1.807) is 23.1 Å². The Balaban J connectivity index is 2.98. The Morgan fingerprint density at radius 2 is 2.33 bits per heavy atom. The smallest absolute Gasteiger partial charge is 0.152 e. The van der Waals surface area contributed by atoms with Gasteiger partial charge in [0.15, 0.2) is 4.34 Å². The zero-order chi connectivity index (χ0) is 6.85. The molecule has 0 aliphatic carbocycles. The number of aromatic nitrogens is 1. The summed E-state index contributed by atoms with van der Waals surface area (Å²) in [5, 5.41) is 0. The lowest BCUT2D eigenvalue weighted by atomic mass is 10.6. The van der Waals surface area contributed by atoms with Gasteiger partial charge in [-0.1, -0.05) is 11.8 Å². The third kappa shape index (κ3) is 1.37. The van der Waals surface area contributed by atoms with Crippen LogP contribution in [-0.4, -0.2) is 11.2 Å². The van der Waals surface area contributed by atoms with E-state index in [1.807, 2.05) is 13.2 Å². The molecule has 1 aromatic heterocycles. The number of thioether (sulfide) groups is 1. The highest BCUT2D eigenvalue weighted by Crippen LogP contribution is 2.25. The highest BCUT2D eigenvalue weighted by molar-refractivity contribution is 8.00. The summed E-state index contributed by atoms with van der Waals surface area (Å²) in [4.78, 5) is 5.20. The van der Waals surface area contributed by atoms with E-state index in [1.165, 1.54) is 0 Å². The first kappa shape index (κ1) is 6.89. The molecule has 2 N–H and O–H groups in total. The molecule has 0 radical (unpaired) electrons. The number of hydrogen-bond acceptors (Lipinski definition) is 4. The second-order valence-electron chi connectivity index (χ2n) is 1.63. The number of nitrogen functional groups attached to an aromatic ring is 1. The molecule has 0 fully saturated rings. The lowest BCUT2D eigenvalue weighted by molar-refractivity contribution is 1.25. The molecular formula is C5H8N2S2. The standard InChI is InChI=1S/C5H8N2S2/c1-3-4(6)7-5(8-2)9-3/h6H2,1-2H3. The fourth-order valence-corrected chi connectivity index (χ4v) is 1.92. The van der Waals surface area contributed by atoms with E-state index in [0.717, 1.165) is 9.22 Å². The fraction of sp³-hybridized carbons (Fsp3) is 0.400. The second-order valence-corrected chi connectivity index (χ2v) is 3.88. The van der Waals surface area contributed by atoms with Crippen molar-refractivity contribution in [3.8, 4) is 0 Å². The summed E-state index contributed by atoms with van der Waals surface area (Å²) >= 11 is 3.27. The molecule has 9 heavy (non-hydrogen) atoms. The van der Waals surface area contributed by atoms with E-state index in [4.69, 9.17) is 5.73 Å². The van der Waals surface area contributed by atoms with Crippen LogP contribution >= 0.6 is 23.1 Å². The van der Waals surface area contributed by atoms with Crippen LogP contribution in [0.3, 0.4) is 0 Å². The predicted molar refractivity (Wildman–Crippen MR) is 43.0 cm³/mol. The first-order valence-electron chi connectivity index (χ1n) is 2.51. The topological polar surface area (TPSA) is 38.9 Å². The van der Waals surface area contributed by atoms with Crippen molar-refractivity contribution in [2.45, 2.75) is 11.3 Å². The summed E-state index contributed by atoms with van der Waals surface area (Å²) in [7, 11) is 0. The molecule has 4 heteroatoms. The molecule has 1 heterocycles. The molecular weight excluding hydrogens is 152 g/mol. The van der Waals surface area contributed by atoms with Gasteiger partial charge in [0.25, 0.3) is 0 Å². The third-order valence-electron chi connectivity index (χ3n) is 0.987. The minimum absolute atomic E-state index is 0.671. The average molecular weight is 160 g/mol. The van der Waals surface area contributed by atoms with Gasteiger partial charge in [-0.25, -0.2) is 4.98 Å². The highest BCUT2D eigenvalue weighted by atomic mass is 32.2. The van der Waals surface area contributed by atoms with Gasteiger partial charge in [-0.2, -0.15) is 0 Å². The molecule has 0 aliphatic rings. The molecule has 2 nitrogen and oxygen atoms in total. The quantitative estimate of drug-likeness (QED) is 0.636. The van der Waals surface area contributed by atoms with Gasteiger partial charge < -0.3 is 5.73 Å². The predicted octanol–water partition coefficient (Wildman–Crippen LogP) is 1.76. The van der Waals surface area contributed by atoms with Gasteiger partial charge in [-0.05, 0) is 13.2 Å². The Morgan fingerprint density at radius 3 is 2.56 bits per heavy atom. The summed E-state index contributed by atoms with van der Waals surface area (Å²) in [5.41, 5.74) is 5.50. The van der Waals surface area contributed by atoms with Gasteiger partial charge in [0, 0.05) is 4.88 Å². The number of aryl methyl sites for hydroxylation is 1. The van der Waals surface area contributed by atoms with Crippen molar-refractivity contribution in [1.29, 1.82) is 0 Å². The number of anilines is 1. The van der Waals surface area contributed by atoms with Crippen LogP contribution in [0.5, 0.6) is 0 Å². The van der Waals surface area contributed by atoms with Gasteiger partial charge in [0.1, 0.15) is 5.82 Å². The molecule has 0 saturated carbocycles. The minimum atomic E-state index is 0.671. The van der Waals surface area contributed by atoms with Crippen LogP contribution in [0.2, 0.25) is 0 Å². The normalized spacial score (nSPS) is 10.0. The van der Waals surface area contributed by atoms with Crippen LogP contribution in [0.1, 0.15) is 4.88 Å². The third-order valence-corrected chi connectivity index (χ3v) is 2.96. The zero-order valence-electron chi connectivity index (χ0n) is 5.34. The summed E-state index contributed by atoms with van der Waals surface area (Å²) in [6.07, 6.45) is 2.00. The van der Waals surface area contributed by atoms with Gasteiger partial charge in [0.05, 0.1) is 0 Å². The van der Waals surface area contributed by atoms with E-state index in [0.29, 0.717) is 5.82 Å². The fourth-order valence-electron chi connectivity index (χ4n) is 0.470. The molecule has 0 aromatic carbocycles. The summed E-state index contributed by atoms with van der Waals surface area (Å²) in [5.74, 6) is 0.671. The van der Waals surface area contributed by atoms with Crippen LogP contribution in [0.15, 0.2) is 4.34 Å². The van der Waals surface area contributed by atoms with Crippen molar-refractivity contribution < 1.29 is 0 Å². The van der Waals surface area contributed by atoms with Crippen molar-refractivity contribution in [2.24, 2.45) is 0 Å². The summed E-state index contributed by atoms with van der Waals surface area (Å²) in [6, 6.07) is 0. The molecule has 1 rings (SSSR count). The van der Waals surface area contributed by atoms with Crippen molar-refractivity contribution in [1.82, 2.24) is 4.98 Å². The van der Waals surface area contributed by atoms with Gasteiger partial charge in [-0.15, -0.1) is 11.3 Å². The molecule has 0 unspecified atom stereocenters. The maximum absolute atomic E-state index is 5.50. The number of rotatable bonds is 1. The van der Waals surface area contributed by atoms with Crippen LogP contribution in [0.25, 0.3) is 0 Å². The number of nitrogens with zero attached hydrogens (tertiary/aromatic N) is 1. The zero-order valence-corrected chi connectivity index (χ0v) is 6.97. The maximum atomic E-state index is 5.50. The van der Waals surface area contributed by atoms with E-state index >= 15 is 0 Å². The molecule has 0 aliphatic heterocycles. The number of thiazole rings is 1. The van der Waals surface area contributed by atoms with Crippen LogP contribution in [0, 0.1) is 6.92 Å². The molecule has 0 spiro atoms. The van der Waals surface area contributed by atoms with Crippen LogP contribution in [0.4, 0.5) is 5.82 Å². The van der Waals surface area contributed by atoms with Gasteiger partial charge >= 0.3 is 0 Å². The number of hydrogen-bond donors (Lipinski definition) is 1. The second kappa shape index (κ2) is 2.58. The number of nitrogens with two attached hydrogens (primary N) is 1. The van der Waals surface area contributed by atoms with Gasteiger partial charge in [-0.3, -0.25) is 0 Å². The Kier molecular flexibility index (Phi) is 1.97. The van der Waals surface area contributed by atoms with Crippen molar-refractivity contribution in [3.05, 3.63) is 4.88 Å². The molecule has 0 bridgehead atoms. The van der Waals surface area contributed by atoms with E-state index in [-0.39, 0.29) is 0 Å². The van der Waals surface area contributed by atoms with Crippen molar-refractivity contribution in [3.63, 3.8) is 0 Å². The SMILES string of the molecule is CSc1nc(N)c(C)s1. The van der Waals surface area contributed by atoms with Gasteiger partial charge in [0.2, 0.25) is 0 Å². The molecule has 0 saturated heterocycles. The Labute approximate surface area is 62.5 Å². The lowest BCUT2D eigenvalue weighted by Gasteiger charge is -1.79. The van der Waals surface area contributed by atoms with Crippen molar-refractivity contribution >= 4 is 28.9 Å². The molecule has 50 valence electrons. The first-order valence-corrected chi connectivity index (χ1v) is 4.55. The summed E-state index contributed by atoms with van der Waals surface area (Å²) in [6.45, 7) is 1.98. The Bertz CT molecular complexity index is 187. The highest BCUT2D eigenvalue weighted by Gasteiger charge is 2.00. The maximum Gasteiger partial charge on any atom is 0.152 e. The lowest BCUT2D eigenvalue weighted by Crippen LogP contribution is -1.84. The monoisotopic (exact) mass is 160 g/mol. The van der Waals surface area contributed by atoms with Crippen molar-refractivity contribution in [2.75, 3.05) is 12.0 Å². The Hall–Kier alpha value is -0.220. The van der Waals surface area contributed by atoms with Crippen LogP contribution < -0.4 is 5.73 Å². The molecule has 0 atom stereocenters. The van der Waals surface area contributed by atoms with E-state index in [9.17, 15) is 0 Å². The first-order chi connectivity index (χ1) is 4.24. The minimum Gasteiger partial charge on any atom is -0.383 e. The van der Waals surface area contributed by atoms with E-state index in [2.05, 4.69) is 4.98 Å². The molecule has 0 amide bonds. The van der Waals surface area contributed by atoms with Crippen LogP contribution in [-0.2, 0) is 0 Å². The largest absolute Gasteiger partial charge is 0.383 e. The Morgan fingerprint density at radius 1 is 1.67 bits per heavy atom. The average Bonchev–Trinajstić information content (AvgIpc) is 2.13.